The number of nitrogens with one attached hydrogen (secondary N) is 2. The van der Waals surface area contributed by atoms with Crippen molar-refractivity contribution in [1.29, 1.82) is 0 Å². The van der Waals surface area contributed by atoms with Gasteiger partial charge in [-0.3, -0.25) is 14.8 Å². The molecule has 1 atom stereocenters. The summed E-state index contributed by atoms with van der Waals surface area (Å²) in [5, 5.41) is 13.7. The molecule has 0 spiro atoms. The third kappa shape index (κ3) is 8.20. The minimum atomic E-state index is -0.744. The van der Waals surface area contributed by atoms with Crippen molar-refractivity contribution in [2.75, 3.05) is 7.11 Å². The van der Waals surface area contributed by atoms with Crippen LogP contribution in [0, 0.1) is 0 Å². The highest BCUT2D eigenvalue weighted by Crippen LogP contribution is 2.25. The summed E-state index contributed by atoms with van der Waals surface area (Å²) >= 11 is 0. The summed E-state index contributed by atoms with van der Waals surface area (Å²) < 4.78 is 4.91. The summed E-state index contributed by atoms with van der Waals surface area (Å²) in [6.07, 6.45) is 4.98. The van der Waals surface area contributed by atoms with Gasteiger partial charge in [-0.1, -0.05) is 79.9 Å². The number of hydrogen-bond donors (Lipinski definition) is 3. The lowest BCUT2D eigenvalue weighted by Gasteiger charge is -2.17. The minimum Gasteiger partial charge on any atom is -0.467 e. The van der Waals surface area contributed by atoms with Gasteiger partial charge in [0.2, 0.25) is 11.8 Å². The van der Waals surface area contributed by atoms with Gasteiger partial charge in [0.1, 0.15) is 6.04 Å². The monoisotopic (exact) mass is 490 g/mol. The fourth-order valence-corrected chi connectivity index (χ4v) is 4.20. The average molecular weight is 491 g/mol. The maximum absolute atomic E-state index is 12.4. The average Bonchev–Trinajstić information content (AvgIpc) is 2.91. The number of ether oxygens (including phenoxy) is 1. The number of hydroxylamine groups is 1. The van der Waals surface area contributed by atoms with Crippen molar-refractivity contribution in [3.63, 3.8) is 0 Å². The van der Waals surface area contributed by atoms with Crippen LogP contribution in [-0.2, 0) is 25.5 Å². The third-order valence-electron chi connectivity index (χ3n) is 6.23. The number of carbonyl (C=O) groups is 3. The van der Waals surface area contributed by atoms with E-state index in [1.807, 2.05) is 36.4 Å². The molecule has 7 heteroatoms. The summed E-state index contributed by atoms with van der Waals surface area (Å²) in [4.78, 5) is 35.7. The minimum absolute atomic E-state index is 0.183. The number of carbonyl (C=O) groups excluding carboxylic acids is 3. The van der Waals surface area contributed by atoms with Crippen molar-refractivity contribution in [1.82, 2.24) is 10.8 Å². The maximum atomic E-state index is 12.4. The van der Waals surface area contributed by atoms with Crippen LogP contribution < -0.4 is 10.8 Å². The van der Waals surface area contributed by atoms with Gasteiger partial charge in [-0.15, -0.1) is 0 Å². The number of esters is 1. The molecule has 2 amide bonds. The van der Waals surface area contributed by atoms with Crippen LogP contribution in [-0.4, -0.2) is 36.1 Å². The van der Waals surface area contributed by atoms with Gasteiger partial charge >= 0.3 is 5.97 Å². The molecule has 0 aliphatic carbocycles. The number of fused-ring (bicyclic) bond motifs is 1. The topological polar surface area (TPSA) is 105 Å². The molecule has 0 fully saturated rings. The second-order valence-electron chi connectivity index (χ2n) is 8.91. The molecule has 3 rings (SSSR count). The Morgan fingerprint density at radius 1 is 0.778 bits per heavy atom. The Morgan fingerprint density at radius 3 is 2.06 bits per heavy atom. The van der Waals surface area contributed by atoms with Gasteiger partial charge in [0.05, 0.1) is 7.11 Å². The molecule has 0 bridgehead atoms. The molecular weight excluding hydrogens is 456 g/mol. The van der Waals surface area contributed by atoms with Crippen LogP contribution in [0.3, 0.4) is 0 Å². The largest absolute Gasteiger partial charge is 0.467 e. The van der Waals surface area contributed by atoms with Crippen molar-refractivity contribution in [3.05, 3.63) is 72.3 Å². The van der Waals surface area contributed by atoms with Gasteiger partial charge in [-0.25, -0.2) is 10.3 Å². The number of rotatable bonds is 13. The van der Waals surface area contributed by atoms with Crippen molar-refractivity contribution in [2.45, 2.75) is 57.4 Å². The first-order valence-corrected chi connectivity index (χ1v) is 12.4. The number of hydrogen-bond acceptors (Lipinski definition) is 5. The lowest BCUT2D eigenvalue weighted by Crippen LogP contribution is -2.43. The van der Waals surface area contributed by atoms with Crippen molar-refractivity contribution in [2.24, 2.45) is 0 Å². The fourth-order valence-electron chi connectivity index (χ4n) is 4.20. The van der Waals surface area contributed by atoms with Gasteiger partial charge in [0.25, 0.3) is 0 Å². The summed E-state index contributed by atoms with van der Waals surface area (Å²) in [5.41, 5.74) is 4.75. The van der Waals surface area contributed by atoms with Crippen LogP contribution in [0.15, 0.2) is 66.7 Å². The van der Waals surface area contributed by atoms with Crippen molar-refractivity contribution < 1.29 is 24.3 Å². The predicted octanol–water partition coefficient (Wildman–Crippen LogP) is 4.94. The Labute approximate surface area is 211 Å². The van der Waals surface area contributed by atoms with E-state index in [0.717, 1.165) is 36.0 Å². The van der Waals surface area contributed by atoms with Gasteiger partial charge in [0, 0.05) is 19.3 Å². The van der Waals surface area contributed by atoms with E-state index in [-0.39, 0.29) is 11.8 Å². The second kappa shape index (κ2) is 14.0. The summed E-state index contributed by atoms with van der Waals surface area (Å²) in [5.74, 6) is -1.03. The summed E-state index contributed by atoms with van der Waals surface area (Å²) in [6, 6.07) is 21.9. The van der Waals surface area contributed by atoms with E-state index in [1.165, 1.54) is 17.9 Å². The van der Waals surface area contributed by atoms with Crippen LogP contribution in [0.5, 0.6) is 0 Å². The quantitative estimate of drug-likeness (QED) is 0.136. The highest BCUT2D eigenvalue weighted by Gasteiger charge is 2.21. The molecule has 0 heterocycles. The molecular formula is C29H34N2O5. The Hall–Kier alpha value is -3.71. The highest BCUT2D eigenvalue weighted by molar-refractivity contribution is 5.87. The van der Waals surface area contributed by atoms with Gasteiger partial charge in [-0.05, 0) is 46.4 Å². The predicted molar refractivity (Wildman–Crippen MR) is 139 cm³/mol. The molecule has 3 aromatic carbocycles. The zero-order valence-corrected chi connectivity index (χ0v) is 20.7. The maximum Gasteiger partial charge on any atom is 0.328 e. The zero-order chi connectivity index (χ0) is 25.8. The van der Waals surface area contributed by atoms with Gasteiger partial charge in [-0.2, -0.15) is 0 Å². The van der Waals surface area contributed by atoms with Crippen molar-refractivity contribution >= 4 is 28.6 Å². The molecule has 190 valence electrons. The van der Waals surface area contributed by atoms with E-state index in [9.17, 15) is 14.4 Å². The first-order chi connectivity index (χ1) is 17.5. The Bertz CT molecular complexity index is 1160. The highest BCUT2D eigenvalue weighted by atomic mass is 16.5. The normalized spacial score (nSPS) is 11.6. The number of methoxy groups -OCH3 is 1. The van der Waals surface area contributed by atoms with E-state index in [2.05, 4.69) is 35.6 Å². The van der Waals surface area contributed by atoms with Crippen molar-refractivity contribution in [3.8, 4) is 11.1 Å². The van der Waals surface area contributed by atoms with Gasteiger partial charge < -0.3 is 10.1 Å². The van der Waals surface area contributed by atoms with E-state index >= 15 is 0 Å². The Balaban J connectivity index is 1.49. The standard InChI is InChI=1S/C29H34N2O5/c1-36-29(34)26(30-27(32)11-5-3-2-4-6-12-28(33)31-35)19-21-13-15-23(16-14-21)25-18-17-22-9-7-8-10-24(22)20-25/h7-10,13-18,20,26,35H,2-6,11-12,19H2,1H3,(H,30,32)(H,31,33)/t26-/m0/s1. The Kier molecular flexibility index (Phi) is 10.5. The van der Waals surface area contributed by atoms with Gasteiger partial charge in [0.15, 0.2) is 0 Å². The SMILES string of the molecule is COC(=O)[C@H](Cc1ccc(-c2ccc3ccccc3c2)cc1)NC(=O)CCCCCCCC(=O)NO. The smallest absolute Gasteiger partial charge is 0.328 e. The zero-order valence-electron chi connectivity index (χ0n) is 20.7. The molecule has 7 nitrogen and oxygen atoms in total. The van der Waals surface area contributed by atoms with Crippen LogP contribution >= 0.6 is 0 Å². The third-order valence-corrected chi connectivity index (χ3v) is 6.23. The number of unbranched alkanes of at least 4 members (excludes halogenated alkanes) is 4. The van der Waals surface area contributed by atoms with Crippen LogP contribution in [0.2, 0.25) is 0 Å². The first-order valence-electron chi connectivity index (χ1n) is 12.4. The molecule has 0 unspecified atom stereocenters. The molecule has 0 aliphatic rings. The number of benzene rings is 3. The summed E-state index contributed by atoms with van der Waals surface area (Å²) in [7, 11) is 1.32. The lowest BCUT2D eigenvalue weighted by atomic mass is 9.98. The van der Waals surface area contributed by atoms with E-state index in [4.69, 9.17) is 9.94 Å². The van der Waals surface area contributed by atoms with Crippen LogP contribution in [0.4, 0.5) is 0 Å². The summed E-state index contributed by atoms with van der Waals surface area (Å²) in [6.45, 7) is 0. The fraction of sp³-hybridized carbons (Fsp3) is 0.345. The molecule has 3 N–H and O–H groups in total. The van der Waals surface area contributed by atoms with E-state index in [1.54, 1.807) is 5.48 Å². The molecule has 3 aromatic rings. The number of amides is 2. The molecule has 0 aromatic heterocycles. The van der Waals surface area contributed by atoms with Crippen LogP contribution in [0.25, 0.3) is 21.9 Å². The molecule has 0 saturated heterocycles. The Morgan fingerprint density at radius 2 is 1.39 bits per heavy atom. The molecule has 0 radical (unpaired) electrons. The van der Waals surface area contributed by atoms with E-state index in [0.29, 0.717) is 32.1 Å². The molecule has 0 aliphatic heterocycles. The molecule has 0 saturated carbocycles. The van der Waals surface area contributed by atoms with Crippen LogP contribution in [0.1, 0.15) is 50.5 Å². The molecule has 36 heavy (non-hydrogen) atoms. The lowest BCUT2D eigenvalue weighted by molar-refractivity contribution is -0.145. The van der Waals surface area contributed by atoms with E-state index < -0.39 is 12.0 Å². The second-order valence-corrected chi connectivity index (χ2v) is 8.91. The first kappa shape index (κ1) is 26.9.